The van der Waals surface area contributed by atoms with Gasteiger partial charge in [-0.05, 0) is 42.2 Å². The van der Waals surface area contributed by atoms with Gasteiger partial charge in [-0.15, -0.1) is 0 Å². The second-order valence-electron chi connectivity index (χ2n) is 7.36. The minimum atomic E-state index is -3.40. The third-order valence-electron chi connectivity index (χ3n) is 5.42. The third-order valence-corrected chi connectivity index (χ3v) is 7.33. The lowest BCUT2D eigenvalue weighted by molar-refractivity contribution is 0.220. The van der Waals surface area contributed by atoms with E-state index in [4.69, 9.17) is 9.47 Å². The van der Waals surface area contributed by atoms with Crippen LogP contribution in [0.2, 0.25) is 0 Å². The molecule has 28 heavy (non-hydrogen) atoms. The van der Waals surface area contributed by atoms with E-state index in [0.29, 0.717) is 43.6 Å². The molecule has 0 bridgehead atoms. The lowest BCUT2D eigenvalue weighted by atomic mass is 9.91. The number of benzene rings is 2. The number of hydrogen-bond acceptors (Lipinski definition) is 5. The van der Waals surface area contributed by atoms with Crippen LogP contribution in [-0.2, 0) is 22.9 Å². The summed E-state index contributed by atoms with van der Waals surface area (Å²) in [4.78, 5) is 0.371. The fourth-order valence-corrected chi connectivity index (χ4v) is 5.28. The number of fused-ring (bicyclic) bond motifs is 1. The number of nitrogens with one attached hydrogen (secondary N) is 1. The SMILES string of the molecule is COc1ccc2c(c1)OCC(Cc1ccc(S(=O)(=O)N3CCNCC3)cc1)C2. The van der Waals surface area contributed by atoms with Crippen LogP contribution >= 0.6 is 0 Å². The summed E-state index contributed by atoms with van der Waals surface area (Å²) < 4.78 is 38.2. The average molecular weight is 403 g/mol. The van der Waals surface area contributed by atoms with Gasteiger partial charge in [0.1, 0.15) is 11.5 Å². The number of sulfonamides is 1. The van der Waals surface area contributed by atoms with Gasteiger partial charge in [-0.3, -0.25) is 0 Å². The molecule has 0 saturated carbocycles. The molecule has 2 aliphatic heterocycles. The molecule has 0 aliphatic carbocycles. The Bertz CT molecular complexity index is 922. The highest BCUT2D eigenvalue weighted by Crippen LogP contribution is 2.32. The fraction of sp³-hybridized carbons (Fsp3) is 0.429. The largest absolute Gasteiger partial charge is 0.497 e. The molecular formula is C21H26N2O4S. The summed E-state index contributed by atoms with van der Waals surface area (Å²) in [6, 6.07) is 13.3. The first-order valence-electron chi connectivity index (χ1n) is 9.66. The number of nitrogens with zero attached hydrogens (tertiary/aromatic N) is 1. The maximum atomic E-state index is 12.7. The first-order chi connectivity index (χ1) is 13.6. The van der Waals surface area contributed by atoms with Crippen LogP contribution in [0.3, 0.4) is 0 Å². The van der Waals surface area contributed by atoms with Gasteiger partial charge in [-0.25, -0.2) is 8.42 Å². The van der Waals surface area contributed by atoms with E-state index in [9.17, 15) is 8.42 Å². The summed E-state index contributed by atoms with van der Waals surface area (Å²) in [5.41, 5.74) is 2.32. The summed E-state index contributed by atoms with van der Waals surface area (Å²) in [7, 11) is -1.75. The Balaban J connectivity index is 1.42. The molecule has 1 unspecified atom stereocenters. The standard InChI is InChI=1S/C21H26N2O4S/c1-26-19-5-4-18-13-17(15-27-21(18)14-19)12-16-2-6-20(7-3-16)28(24,25)23-10-8-22-9-11-23/h2-7,14,17,22H,8-13,15H2,1H3. The minimum Gasteiger partial charge on any atom is -0.497 e. The van der Waals surface area contributed by atoms with Crippen LogP contribution in [0.5, 0.6) is 11.5 Å². The van der Waals surface area contributed by atoms with Gasteiger partial charge < -0.3 is 14.8 Å². The molecule has 1 fully saturated rings. The summed E-state index contributed by atoms with van der Waals surface area (Å²) >= 11 is 0. The lowest BCUT2D eigenvalue weighted by Crippen LogP contribution is -2.46. The highest BCUT2D eigenvalue weighted by molar-refractivity contribution is 7.89. The zero-order valence-corrected chi connectivity index (χ0v) is 16.9. The normalized spacial score (nSPS) is 20.2. The smallest absolute Gasteiger partial charge is 0.243 e. The molecule has 0 aromatic heterocycles. The van der Waals surface area contributed by atoms with Crippen LogP contribution < -0.4 is 14.8 Å². The summed E-state index contributed by atoms with van der Waals surface area (Å²) in [5.74, 6) is 2.07. The number of rotatable bonds is 5. The van der Waals surface area contributed by atoms with Crippen molar-refractivity contribution in [1.82, 2.24) is 9.62 Å². The maximum Gasteiger partial charge on any atom is 0.243 e. The minimum absolute atomic E-state index is 0.371. The van der Waals surface area contributed by atoms with Crippen LogP contribution in [0.1, 0.15) is 11.1 Å². The monoisotopic (exact) mass is 402 g/mol. The Labute approximate surface area is 166 Å². The Kier molecular flexibility index (Phi) is 5.57. The van der Waals surface area contributed by atoms with Crippen molar-refractivity contribution < 1.29 is 17.9 Å². The van der Waals surface area contributed by atoms with Crippen molar-refractivity contribution in [2.45, 2.75) is 17.7 Å². The van der Waals surface area contributed by atoms with E-state index in [1.54, 1.807) is 23.5 Å². The fourth-order valence-electron chi connectivity index (χ4n) is 3.84. The second kappa shape index (κ2) is 8.11. The summed E-state index contributed by atoms with van der Waals surface area (Å²) in [6.45, 7) is 3.10. The number of piperazine rings is 1. The van der Waals surface area contributed by atoms with Crippen LogP contribution in [0, 0.1) is 5.92 Å². The van der Waals surface area contributed by atoms with Crippen LogP contribution in [-0.4, -0.2) is 52.6 Å². The number of methoxy groups -OCH3 is 1. The van der Waals surface area contributed by atoms with Gasteiger partial charge in [-0.2, -0.15) is 4.31 Å². The number of ether oxygens (including phenoxy) is 2. The molecule has 150 valence electrons. The predicted molar refractivity (Wildman–Crippen MR) is 107 cm³/mol. The first-order valence-corrected chi connectivity index (χ1v) is 11.1. The van der Waals surface area contributed by atoms with Crippen molar-refractivity contribution in [2.75, 3.05) is 39.9 Å². The van der Waals surface area contributed by atoms with Crippen LogP contribution in [0.25, 0.3) is 0 Å². The van der Waals surface area contributed by atoms with Crippen LogP contribution in [0.15, 0.2) is 47.4 Å². The maximum absolute atomic E-state index is 12.7. The van der Waals surface area contributed by atoms with E-state index in [-0.39, 0.29) is 0 Å². The van der Waals surface area contributed by atoms with Crippen LogP contribution in [0.4, 0.5) is 0 Å². The molecule has 6 nitrogen and oxygen atoms in total. The van der Waals surface area contributed by atoms with Gasteiger partial charge in [0.2, 0.25) is 10.0 Å². The van der Waals surface area contributed by atoms with E-state index in [2.05, 4.69) is 11.4 Å². The molecular weight excluding hydrogens is 376 g/mol. The molecule has 1 N–H and O–H groups in total. The quantitative estimate of drug-likeness (QED) is 0.829. The van der Waals surface area contributed by atoms with Gasteiger partial charge >= 0.3 is 0 Å². The molecule has 1 saturated heterocycles. The van der Waals surface area contributed by atoms with Gasteiger partial charge in [0, 0.05) is 38.2 Å². The Morgan fingerprint density at radius 2 is 1.89 bits per heavy atom. The van der Waals surface area contributed by atoms with Gasteiger partial charge in [0.25, 0.3) is 0 Å². The molecule has 7 heteroatoms. The molecule has 0 radical (unpaired) electrons. The topological polar surface area (TPSA) is 67.9 Å². The van der Waals surface area contributed by atoms with Crippen molar-refractivity contribution in [2.24, 2.45) is 5.92 Å². The summed E-state index contributed by atoms with van der Waals surface area (Å²) in [5, 5.41) is 3.18. The molecule has 2 aromatic rings. The zero-order chi connectivity index (χ0) is 19.6. The molecule has 2 aromatic carbocycles. The van der Waals surface area contributed by atoms with E-state index >= 15 is 0 Å². The first kappa shape index (κ1) is 19.2. The molecule has 0 spiro atoms. The van der Waals surface area contributed by atoms with E-state index in [0.717, 1.165) is 29.9 Å². The highest BCUT2D eigenvalue weighted by atomic mass is 32.2. The van der Waals surface area contributed by atoms with Crippen molar-refractivity contribution in [3.63, 3.8) is 0 Å². The molecule has 4 rings (SSSR count). The highest BCUT2D eigenvalue weighted by Gasteiger charge is 2.26. The van der Waals surface area contributed by atoms with Gasteiger partial charge in [-0.1, -0.05) is 18.2 Å². The van der Waals surface area contributed by atoms with Gasteiger partial charge in [0.05, 0.1) is 18.6 Å². The van der Waals surface area contributed by atoms with E-state index in [1.807, 2.05) is 24.3 Å². The Hall–Kier alpha value is -2.09. The third kappa shape index (κ3) is 4.01. The van der Waals surface area contributed by atoms with Crippen molar-refractivity contribution in [1.29, 1.82) is 0 Å². The molecule has 2 heterocycles. The predicted octanol–water partition coefficient (Wildman–Crippen LogP) is 2.08. The molecule has 0 amide bonds. The number of hydrogen-bond donors (Lipinski definition) is 1. The van der Waals surface area contributed by atoms with Gasteiger partial charge in [0.15, 0.2) is 0 Å². The lowest BCUT2D eigenvalue weighted by Gasteiger charge is -2.27. The van der Waals surface area contributed by atoms with E-state index < -0.39 is 10.0 Å². The van der Waals surface area contributed by atoms with Crippen molar-refractivity contribution in [3.05, 3.63) is 53.6 Å². The van der Waals surface area contributed by atoms with Crippen molar-refractivity contribution in [3.8, 4) is 11.5 Å². The molecule has 2 aliphatic rings. The Morgan fingerprint density at radius 3 is 2.61 bits per heavy atom. The summed E-state index contributed by atoms with van der Waals surface area (Å²) in [6.07, 6.45) is 1.81. The van der Waals surface area contributed by atoms with E-state index in [1.165, 1.54) is 5.56 Å². The second-order valence-corrected chi connectivity index (χ2v) is 9.29. The zero-order valence-electron chi connectivity index (χ0n) is 16.1. The van der Waals surface area contributed by atoms with Crippen molar-refractivity contribution >= 4 is 10.0 Å². The molecule has 1 atom stereocenters. The Morgan fingerprint density at radius 1 is 1.14 bits per heavy atom. The average Bonchev–Trinajstić information content (AvgIpc) is 2.74.